The molecule has 0 aromatic carbocycles. The first-order valence-electron chi connectivity index (χ1n) is 5.48. The lowest BCUT2D eigenvalue weighted by molar-refractivity contribution is 0.0962. The Kier molecular flexibility index (Phi) is 5.44. The summed E-state index contributed by atoms with van der Waals surface area (Å²) in [6, 6.07) is 0. The van der Waals surface area contributed by atoms with Gasteiger partial charge < -0.3 is 9.84 Å². The molecule has 0 aliphatic carbocycles. The van der Waals surface area contributed by atoms with Gasteiger partial charge in [-0.25, -0.2) is 0 Å². The molecule has 2 atom stereocenters. The smallest absolute Gasteiger partial charge is 0.0971 e. The van der Waals surface area contributed by atoms with Gasteiger partial charge in [-0.2, -0.15) is 5.10 Å². The average Bonchev–Trinajstić information content (AvgIpc) is 2.59. The van der Waals surface area contributed by atoms with Crippen molar-refractivity contribution in [2.24, 2.45) is 5.92 Å². The molecular weight excluding hydrogens is 272 g/mol. The molecule has 0 amide bonds. The van der Waals surface area contributed by atoms with E-state index in [0.29, 0.717) is 18.9 Å². The fourth-order valence-electron chi connectivity index (χ4n) is 1.80. The summed E-state index contributed by atoms with van der Waals surface area (Å²) >= 11 is 3.41. The van der Waals surface area contributed by atoms with Crippen molar-refractivity contribution in [3.63, 3.8) is 0 Å². The minimum atomic E-state index is -0.498. The number of hydrogen-bond acceptors (Lipinski definition) is 3. The minimum Gasteiger partial charge on any atom is -0.387 e. The molecule has 0 radical (unpaired) electrons. The van der Waals surface area contributed by atoms with E-state index in [4.69, 9.17) is 4.74 Å². The molecule has 0 aliphatic heterocycles. The molecule has 0 spiro atoms. The molecule has 0 bridgehead atoms. The lowest BCUT2D eigenvalue weighted by atomic mass is 10.0. The number of aliphatic hydroxyl groups excluding tert-OH is 1. The summed E-state index contributed by atoms with van der Waals surface area (Å²) < 4.78 is 7.74. The predicted octanol–water partition coefficient (Wildman–Crippen LogP) is 2.37. The van der Waals surface area contributed by atoms with Crippen LogP contribution in [0.3, 0.4) is 0 Å². The third kappa shape index (κ3) is 3.30. The summed E-state index contributed by atoms with van der Waals surface area (Å²) in [5, 5.41) is 14.3. The standard InChI is InChI=1S/C11H19BrN2O2/c1-4-14-11(9(12)6-13-14)10(15)5-8(2)7-16-3/h6,8,10,15H,4-5,7H2,1-3H3. The van der Waals surface area contributed by atoms with Crippen molar-refractivity contribution in [2.45, 2.75) is 32.9 Å². The van der Waals surface area contributed by atoms with Gasteiger partial charge in [0.05, 0.1) is 22.5 Å². The van der Waals surface area contributed by atoms with Crippen molar-refractivity contribution >= 4 is 15.9 Å². The highest BCUT2D eigenvalue weighted by molar-refractivity contribution is 9.10. The van der Waals surface area contributed by atoms with E-state index in [0.717, 1.165) is 16.7 Å². The van der Waals surface area contributed by atoms with Gasteiger partial charge >= 0.3 is 0 Å². The Balaban J connectivity index is 2.71. The molecule has 0 aliphatic rings. The molecule has 1 rings (SSSR count). The van der Waals surface area contributed by atoms with Gasteiger partial charge in [-0.3, -0.25) is 4.68 Å². The number of aryl methyl sites for hydroxylation is 1. The number of nitrogens with zero attached hydrogens (tertiary/aromatic N) is 2. The van der Waals surface area contributed by atoms with Crippen molar-refractivity contribution in [3.05, 3.63) is 16.4 Å². The maximum atomic E-state index is 10.2. The van der Waals surface area contributed by atoms with Crippen molar-refractivity contribution in [1.82, 2.24) is 9.78 Å². The van der Waals surface area contributed by atoms with Gasteiger partial charge in [0.1, 0.15) is 0 Å². The molecular formula is C11H19BrN2O2. The summed E-state index contributed by atoms with van der Waals surface area (Å²) in [4.78, 5) is 0. The first-order chi connectivity index (χ1) is 7.60. The molecule has 92 valence electrons. The van der Waals surface area contributed by atoms with Gasteiger partial charge in [0.2, 0.25) is 0 Å². The third-order valence-corrected chi connectivity index (χ3v) is 3.14. The topological polar surface area (TPSA) is 47.3 Å². The number of aromatic nitrogens is 2. The number of halogens is 1. The van der Waals surface area contributed by atoms with Crippen LogP contribution in [-0.2, 0) is 11.3 Å². The summed E-state index contributed by atoms with van der Waals surface area (Å²) in [5.74, 6) is 0.326. The zero-order chi connectivity index (χ0) is 12.1. The van der Waals surface area contributed by atoms with Crippen LogP contribution in [0.1, 0.15) is 32.1 Å². The second-order valence-corrected chi connectivity index (χ2v) is 4.86. The van der Waals surface area contributed by atoms with Crippen molar-refractivity contribution in [3.8, 4) is 0 Å². The van der Waals surface area contributed by atoms with E-state index in [2.05, 4.69) is 28.0 Å². The van der Waals surface area contributed by atoms with Gasteiger partial charge in [-0.05, 0) is 35.2 Å². The number of rotatable bonds is 6. The minimum absolute atomic E-state index is 0.326. The van der Waals surface area contributed by atoms with E-state index < -0.39 is 6.10 Å². The van der Waals surface area contributed by atoms with Crippen molar-refractivity contribution in [2.75, 3.05) is 13.7 Å². The zero-order valence-corrected chi connectivity index (χ0v) is 11.6. The molecule has 1 N–H and O–H groups in total. The molecule has 1 heterocycles. The van der Waals surface area contributed by atoms with Gasteiger partial charge in [0, 0.05) is 20.3 Å². The van der Waals surface area contributed by atoms with Crippen LogP contribution in [0.15, 0.2) is 10.7 Å². The number of hydrogen-bond donors (Lipinski definition) is 1. The number of methoxy groups -OCH3 is 1. The second-order valence-electron chi connectivity index (χ2n) is 4.01. The number of aliphatic hydroxyl groups is 1. The molecule has 1 aromatic heterocycles. The summed E-state index contributed by atoms with van der Waals surface area (Å²) in [6.07, 6.45) is 1.91. The summed E-state index contributed by atoms with van der Waals surface area (Å²) in [6.45, 7) is 5.49. The summed E-state index contributed by atoms with van der Waals surface area (Å²) in [5.41, 5.74) is 0.852. The number of ether oxygens (including phenoxy) is 1. The lowest BCUT2D eigenvalue weighted by Crippen LogP contribution is -2.13. The normalized spacial score (nSPS) is 15.1. The van der Waals surface area contributed by atoms with Gasteiger partial charge in [0.15, 0.2) is 0 Å². The molecule has 16 heavy (non-hydrogen) atoms. The highest BCUT2D eigenvalue weighted by Gasteiger charge is 2.19. The van der Waals surface area contributed by atoms with Crippen molar-refractivity contribution in [1.29, 1.82) is 0 Å². The average molecular weight is 291 g/mol. The van der Waals surface area contributed by atoms with E-state index >= 15 is 0 Å². The van der Waals surface area contributed by atoms with E-state index in [9.17, 15) is 5.11 Å². The Morgan fingerprint density at radius 3 is 2.88 bits per heavy atom. The van der Waals surface area contributed by atoms with Crippen LogP contribution >= 0.6 is 15.9 Å². The van der Waals surface area contributed by atoms with Gasteiger partial charge in [-0.1, -0.05) is 6.92 Å². The molecule has 4 nitrogen and oxygen atoms in total. The van der Waals surface area contributed by atoms with E-state index in [-0.39, 0.29) is 0 Å². The van der Waals surface area contributed by atoms with Crippen LogP contribution in [-0.4, -0.2) is 28.6 Å². The molecule has 1 aromatic rings. The van der Waals surface area contributed by atoms with Gasteiger partial charge in [0.25, 0.3) is 0 Å². The van der Waals surface area contributed by atoms with E-state index in [1.807, 2.05) is 11.6 Å². The molecule has 0 fully saturated rings. The fraction of sp³-hybridized carbons (Fsp3) is 0.727. The Morgan fingerprint density at radius 1 is 1.62 bits per heavy atom. The fourth-order valence-corrected chi connectivity index (χ4v) is 2.36. The van der Waals surface area contributed by atoms with Crippen molar-refractivity contribution < 1.29 is 9.84 Å². The van der Waals surface area contributed by atoms with Crippen LogP contribution in [0.5, 0.6) is 0 Å². The highest BCUT2D eigenvalue weighted by Crippen LogP contribution is 2.27. The largest absolute Gasteiger partial charge is 0.387 e. The SMILES string of the molecule is CCn1ncc(Br)c1C(O)CC(C)COC. The molecule has 2 unspecified atom stereocenters. The molecule has 0 saturated carbocycles. The third-order valence-electron chi connectivity index (χ3n) is 2.53. The second kappa shape index (κ2) is 6.37. The van der Waals surface area contributed by atoms with E-state index in [1.165, 1.54) is 0 Å². The Hall–Kier alpha value is -0.390. The zero-order valence-electron chi connectivity index (χ0n) is 9.98. The Bertz CT molecular complexity index is 328. The maximum absolute atomic E-state index is 10.2. The van der Waals surface area contributed by atoms with E-state index in [1.54, 1.807) is 13.3 Å². The monoisotopic (exact) mass is 290 g/mol. The van der Waals surface area contributed by atoms with Crippen LogP contribution in [0.2, 0.25) is 0 Å². The molecule has 0 saturated heterocycles. The van der Waals surface area contributed by atoms with Crippen LogP contribution < -0.4 is 0 Å². The lowest BCUT2D eigenvalue weighted by Gasteiger charge is -2.17. The summed E-state index contributed by atoms with van der Waals surface area (Å²) in [7, 11) is 1.68. The Labute approximate surface area is 105 Å². The van der Waals surface area contributed by atoms with Crippen LogP contribution in [0.25, 0.3) is 0 Å². The van der Waals surface area contributed by atoms with Gasteiger partial charge in [-0.15, -0.1) is 0 Å². The predicted molar refractivity (Wildman–Crippen MR) is 66.2 cm³/mol. The Morgan fingerprint density at radius 2 is 2.31 bits per heavy atom. The molecule has 5 heteroatoms. The first kappa shape index (κ1) is 13.7. The maximum Gasteiger partial charge on any atom is 0.0971 e. The van der Waals surface area contributed by atoms with Crippen LogP contribution in [0.4, 0.5) is 0 Å². The first-order valence-corrected chi connectivity index (χ1v) is 6.27. The quantitative estimate of drug-likeness (QED) is 0.875. The highest BCUT2D eigenvalue weighted by atomic mass is 79.9. The van der Waals surface area contributed by atoms with Crippen LogP contribution in [0, 0.1) is 5.92 Å².